The number of rotatable bonds is 4. The summed E-state index contributed by atoms with van der Waals surface area (Å²) in [4.78, 5) is 43.1. The van der Waals surface area contributed by atoms with E-state index in [1.54, 1.807) is 24.3 Å². The second-order valence-corrected chi connectivity index (χ2v) is 7.10. The van der Waals surface area contributed by atoms with Gasteiger partial charge in [0.25, 0.3) is 11.8 Å². The molecule has 4 amide bonds. The summed E-state index contributed by atoms with van der Waals surface area (Å²) in [5.74, 6) is -1.96. The predicted octanol–water partition coefficient (Wildman–Crippen LogP) is 1.67. The Bertz CT molecular complexity index is 1210. The van der Waals surface area contributed by atoms with Gasteiger partial charge in [0, 0.05) is 18.1 Å². The summed E-state index contributed by atoms with van der Waals surface area (Å²) in [6.45, 7) is -0.182. The number of nitrogens with zero attached hydrogens (tertiary/aromatic N) is 2. The number of halogens is 1. The number of carbonyl (C=O) groups is 3. The van der Waals surface area contributed by atoms with Crippen LogP contribution in [-0.2, 0) is 16.9 Å². The number of nitrogens with one attached hydrogen (secondary N) is 2. The molecule has 1 fully saturated rings. The summed E-state index contributed by atoms with van der Waals surface area (Å²) < 4.78 is 25.4. The highest BCUT2D eigenvalue weighted by Crippen LogP contribution is 2.35. The summed E-state index contributed by atoms with van der Waals surface area (Å²) in [5.41, 5.74) is -1.03. The minimum atomic E-state index is -1.67. The first kappa shape index (κ1) is 18.1. The molecule has 9 nitrogen and oxygen atoms in total. The van der Waals surface area contributed by atoms with Crippen LogP contribution in [0.5, 0.6) is 5.75 Å². The van der Waals surface area contributed by atoms with Crippen molar-refractivity contribution in [3.63, 3.8) is 0 Å². The molecule has 0 saturated carbocycles. The number of fused-ring (bicyclic) bond motifs is 2. The van der Waals surface area contributed by atoms with Crippen LogP contribution in [0.4, 0.5) is 9.18 Å². The van der Waals surface area contributed by atoms with E-state index in [0.29, 0.717) is 10.9 Å². The van der Waals surface area contributed by atoms with Gasteiger partial charge in [-0.25, -0.2) is 14.2 Å². The van der Waals surface area contributed by atoms with E-state index in [4.69, 9.17) is 9.15 Å². The smallest absolute Gasteiger partial charge is 0.322 e. The van der Waals surface area contributed by atoms with Crippen molar-refractivity contribution in [3.05, 3.63) is 59.2 Å². The van der Waals surface area contributed by atoms with Gasteiger partial charge in [-0.3, -0.25) is 14.9 Å². The molecule has 3 aromatic rings. The van der Waals surface area contributed by atoms with E-state index < -0.39 is 29.2 Å². The van der Waals surface area contributed by atoms with Crippen LogP contribution in [-0.4, -0.2) is 41.4 Å². The van der Waals surface area contributed by atoms with Crippen LogP contribution < -0.4 is 15.4 Å². The lowest BCUT2D eigenvalue weighted by Gasteiger charge is -2.28. The standard InChI is InChI=1S/C20H15FN4O5/c1-29-12-5-4-11-8-25(17(26)14(11)15(12)21)9-20(18(27)23-19(28)24-20)13-7-10-3-2-6-22-16(10)30-13/h2-7H,8-9H2,1H3,(H2,23,24,27,28). The summed E-state index contributed by atoms with van der Waals surface area (Å²) in [5, 5.41) is 5.39. The average Bonchev–Trinajstić information content (AvgIpc) is 3.37. The molecule has 2 N–H and O–H groups in total. The van der Waals surface area contributed by atoms with Crippen molar-refractivity contribution in [1.82, 2.24) is 20.5 Å². The highest BCUT2D eigenvalue weighted by molar-refractivity contribution is 6.08. The number of imide groups is 1. The highest BCUT2D eigenvalue weighted by Gasteiger charge is 2.53. The zero-order chi connectivity index (χ0) is 21.0. The molecule has 152 valence electrons. The van der Waals surface area contributed by atoms with Gasteiger partial charge >= 0.3 is 6.03 Å². The zero-order valence-corrected chi connectivity index (χ0v) is 15.7. The third-order valence-electron chi connectivity index (χ3n) is 5.36. The molecule has 5 rings (SSSR count). The van der Waals surface area contributed by atoms with Gasteiger partial charge in [0.15, 0.2) is 17.1 Å². The molecule has 1 atom stereocenters. The fourth-order valence-electron chi connectivity index (χ4n) is 3.91. The van der Waals surface area contributed by atoms with Crippen LogP contribution in [0.1, 0.15) is 21.7 Å². The number of aromatic nitrogens is 1. The lowest BCUT2D eigenvalue weighted by atomic mass is 9.95. The molecule has 1 aromatic carbocycles. The maximum absolute atomic E-state index is 14.7. The lowest BCUT2D eigenvalue weighted by molar-refractivity contribution is -0.125. The fraction of sp³-hybridized carbons (Fsp3) is 0.200. The number of hydrogen-bond donors (Lipinski definition) is 2. The number of methoxy groups -OCH3 is 1. The SMILES string of the molecule is COc1ccc2c(c1F)C(=O)N(CC1(c3cc4cccnc4o3)NC(=O)NC1=O)C2. The lowest BCUT2D eigenvalue weighted by Crippen LogP contribution is -2.52. The molecule has 0 aliphatic carbocycles. The van der Waals surface area contributed by atoms with Crippen LogP contribution in [0.25, 0.3) is 11.1 Å². The molecule has 0 radical (unpaired) electrons. The van der Waals surface area contributed by atoms with Gasteiger partial charge < -0.3 is 19.4 Å². The summed E-state index contributed by atoms with van der Waals surface area (Å²) in [7, 11) is 1.31. The Morgan fingerprint density at radius 2 is 2.13 bits per heavy atom. The largest absolute Gasteiger partial charge is 0.494 e. The molecule has 2 aliphatic rings. The molecule has 4 heterocycles. The molecule has 2 aliphatic heterocycles. The van der Waals surface area contributed by atoms with E-state index >= 15 is 0 Å². The molecular weight excluding hydrogens is 395 g/mol. The second-order valence-electron chi connectivity index (χ2n) is 7.10. The number of pyridine rings is 1. The van der Waals surface area contributed by atoms with E-state index in [-0.39, 0.29) is 35.9 Å². The van der Waals surface area contributed by atoms with Crippen molar-refractivity contribution < 1.29 is 27.9 Å². The summed E-state index contributed by atoms with van der Waals surface area (Å²) in [6, 6.07) is 7.36. The molecular formula is C20H15FN4O5. The van der Waals surface area contributed by atoms with Crippen molar-refractivity contribution in [3.8, 4) is 5.75 Å². The minimum absolute atomic E-state index is 0.0473. The van der Waals surface area contributed by atoms with E-state index in [9.17, 15) is 18.8 Å². The maximum atomic E-state index is 14.7. The quantitative estimate of drug-likeness (QED) is 0.633. The number of amides is 4. The van der Waals surface area contributed by atoms with Crippen LogP contribution in [0.3, 0.4) is 0 Å². The zero-order valence-electron chi connectivity index (χ0n) is 15.7. The van der Waals surface area contributed by atoms with Crippen molar-refractivity contribution in [2.45, 2.75) is 12.1 Å². The Kier molecular flexibility index (Phi) is 3.79. The third kappa shape index (κ3) is 2.46. The van der Waals surface area contributed by atoms with Crippen LogP contribution >= 0.6 is 0 Å². The maximum Gasteiger partial charge on any atom is 0.322 e. The van der Waals surface area contributed by atoms with E-state index in [1.807, 2.05) is 0 Å². The average molecular weight is 410 g/mol. The Balaban J connectivity index is 1.56. The van der Waals surface area contributed by atoms with Crippen molar-refractivity contribution >= 4 is 28.9 Å². The number of furan rings is 1. The number of benzene rings is 1. The Labute approximate surface area is 168 Å². The molecule has 1 saturated heterocycles. The number of ether oxygens (including phenoxy) is 1. The highest BCUT2D eigenvalue weighted by atomic mass is 19.1. The molecule has 1 unspecified atom stereocenters. The second kappa shape index (κ2) is 6.28. The van der Waals surface area contributed by atoms with E-state index in [1.165, 1.54) is 24.3 Å². The van der Waals surface area contributed by atoms with Gasteiger partial charge in [-0.1, -0.05) is 6.07 Å². The Morgan fingerprint density at radius 1 is 1.30 bits per heavy atom. The van der Waals surface area contributed by atoms with Crippen molar-refractivity contribution in [2.24, 2.45) is 0 Å². The number of urea groups is 1. The van der Waals surface area contributed by atoms with E-state index in [0.717, 1.165) is 0 Å². The van der Waals surface area contributed by atoms with Gasteiger partial charge in [-0.2, -0.15) is 0 Å². The third-order valence-corrected chi connectivity index (χ3v) is 5.36. The topological polar surface area (TPSA) is 114 Å². The number of carbonyl (C=O) groups excluding carboxylic acids is 3. The monoisotopic (exact) mass is 410 g/mol. The van der Waals surface area contributed by atoms with Crippen LogP contribution in [0, 0.1) is 5.82 Å². The molecule has 0 bridgehead atoms. The van der Waals surface area contributed by atoms with Crippen LogP contribution in [0.2, 0.25) is 0 Å². The Hall–Kier alpha value is -3.95. The number of hydrogen-bond acceptors (Lipinski definition) is 6. The summed E-state index contributed by atoms with van der Waals surface area (Å²) >= 11 is 0. The first-order valence-corrected chi connectivity index (χ1v) is 9.06. The normalized spacial score (nSPS) is 20.5. The Morgan fingerprint density at radius 3 is 2.83 bits per heavy atom. The molecule has 0 spiro atoms. The first-order valence-electron chi connectivity index (χ1n) is 9.06. The summed E-state index contributed by atoms with van der Waals surface area (Å²) in [6.07, 6.45) is 1.53. The van der Waals surface area contributed by atoms with E-state index in [2.05, 4.69) is 15.6 Å². The first-order chi connectivity index (χ1) is 14.4. The molecule has 10 heteroatoms. The van der Waals surface area contributed by atoms with Crippen molar-refractivity contribution in [1.29, 1.82) is 0 Å². The van der Waals surface area contributed by atoms with Crippen molar-refractivity contribution in [2.75, 3.05) is 13.7 Å². The van der Waals surface area contributed by atoms with Gasteiger partial charge in [-0.05, 0) is 29.8 Å². The minimum Gasteiger partial charge on any atom is -0.494 e. The van der Waals surface area contributed by atoms with Gasteiger partial charge in [0.05, 0.1) is 19.2 Å². The predicted molar refractivity (Wildman–Crippen MR) is 100 cm³/mol. The van der Waals surface area contributed by atoms with Gasteiger partial charge in [0.1, 0.15) is 5.76 Å². The van der Waals surface area contributed by atoms with Gasteiger partial charge in [-0.15, -0.1) is 0 Å². The molecule has 2 aromatic heterocycles. The fourth-order valence-corrected chi connectivity index (χ4v) is 3.91. The van der Waals surface area contributed by atoms with Gasteiger partial charge in [0.2, 0.25) is 5.71 Å². The van der Waals surface area contributed by atoms with Crippen LogP contribution in [0.15, 0.2) is 40.9 Å². The molecule has 30 heavy (non-hydrogen) atoms.